The summed E-state index contributed by atoms with van der Waals surface area (Å²) in [7, 11) is 0. The van der Waals surface area contributed by atoms with E-state index in [-0.39, 0.29) is 17.7 Å². The van der Waals surface area contributed by atoms with Crippen LogP contribution < -0.4 is 10.6 Å². The third kappa shape index (κ3) is 4.63. The Balaban J connectivity index is 2.06. The number of carbonyl (C=O) groups excluding carboxylic acids is 2. The van der Waals surface area contributed by atoms with Crippen molar-refractivity contribution in [2.75, 3.05) is 10.6 Å². The predicted molar refractivity (Wildman–Crippen MR) is 92.0 cm³/mol. The standard InChI is InChI=1S/C17H16BrFN2O2/c1-10(2)16(22)20-12-4-6-13(7-5-12)21-17(23)14-8-3-11(19)9-15(14)18/h3-10H,1-2H3,(H,20,22)(H,21,23). The number of amides is 2. The molecule has 0 aliphatic heterocycles. The summed E-state index contributed by atoms with van der Waals surface area (Å²) >= 11 is 3.16. The summed E-state index contributed by atoms with van der Waals surface area (Å²) in [6.45, 7) is 3.62. The lowest BCUT2D eigenvalue weighted by Crippen LogP contribution is -2.17. The lowest BCUT2D eigenvalue weighted by Gasteiger charge is -2.10. The van der Waals surface area contributed by atoms with E-state index in [1.165, 1.54) is 18.2 Å². The first-order valence-corrected chi connectivity index (χ1v) is 7.83. The van der Waals surface area contributed by atoms with Gasteiger partial charge >= 0.3 is 0 Å². The molecule has 0 atom stereocenters. The van der Waals surface area contributed by atoms with Gasteiger partial charge in [-0.15, -0.1) is 0 Å². The summed E-state index contributed by atoms with van der Waals surface area (Å²) in [6.07, 6.45) is 0. The fraction of sp³-hybridized carbons (Fsp3) is 0.176. The number of nitrogens with one attached hydrogen (secondary N) is 2. The smallest absolute Gasteiger partial charge is 0.256 e. The van der Waals surface area contributed by atoms with Crippen LogP contribution in [0.2, 0.25) is 0 Å². The minimum atomic E-state index is -0.418. The molecule has 6 heteroatoms. The molecular formula is C17H16BrFN2O2. The van der Waals surface area contributed by atoms with E-state index in [4.69, 9.17) is 0 Å². The minimum absolute atomic E-state index is 0.0722. The summed E-state index contributed by atoms with van der Waals surface area (Å²) in [4.78, 5) is 23.8. The zero-order chi connectivity index (χ0) is 17.0. The van der Waals surface area contributed by atoms with Crippen molar-refractivity contribution in [2.45, 2.75) is 13.8 Å². The maximum atomic E-state index is 13.0. The zero-order valence-corrected chi connectivity index (χ0v) is 14.3. The van der Waals surface area contributed by atoms with Gasteiger partial charge in [0, 0.05) is 21.8 Å². The van der Waals surface area contributed by atoms with Gasteiger partial charge in [-0.2, -0.15) is 0 Å². The van der Waals surface area contributed by atoms with Gasteiger partial charge in [0.1, 0.15) is 5.82 Å². The molecule has 0 heterocycles. The largest absolute Gasteiger partial charge is 0.326 e. The van der Waals surface area contributed by atoms with Gasteiger partial charge in [0.05, 0.1) is 5.56 Å². The summed E-state index contributed by atoms with van der Waals surface area (Å²) in [6, 6.07) is 10.7. The zero-order valence-electron chi connectivity index (χ0n) is 12.7. The van der Waals surface area contributed by atoms with Crippen molar-refractivity contribution in [3.05, 3.63) is 58.3 Å². The van der Waals surface area contributed by atoms with Crippen LogP contribution in [0.5, 0.6) is 0 Å². The van der Waals surface area contributed by atoms with Crippen LogP contribution in [0.1, 0.15) is 24.2 Å². The van der Waals surface area contributed by atoms with Gasteiger partial charge in [-0.05, 0) is 58.4 Å². The molecule has 2 amide bonds. The Labute approximate surface area is 142 Å². The Kier molecular flexibility index (Phi) is 5.50. The first-order chi connectivity index (χ1) is 10.9. The maximum absolute atomic E-state index is 13.0. The number of carbonyl (C=O) groups is 2. The van der Waals surface area contributed by atoms with Crippen LogP contribution in [-0.4, -0.2) is 11.8 Å². The first kappa shape index (κ1) is 17.1. The van der Waals surface area contributed by atoms with Crippen LogP contribution in [0.4, 0.5) is 15.8 Å². The molecule has 0 aliphatic carbocycles. The van der Waals surface area contributed by atoms with E-state index in [0.717, 1.165) is 0 Å². The minimum Gasteiger partial charge on any atom is -0.326 e. The molecule has 23 heavy (non-hydrogen) atoms. The van der Waals surface area contributed by atoms with E-state index in [9.17, 15) is 14.0 Å². The Morgan fingerprint density at radius 3 is 2.09 bits per heavy atom. The molecule has 0 bridgehead atoms. The highest BCUT2D eigenvalue weighted by atomic mass is 79.9. The Morgan fingerprint density at radius 1 is 1.00 bits per heavy atom. The molecule has 0 aliphatic rings. The van der Waals surface area contributed by atoms with Crippen molar-refractivity contribution >= 4 is 39.1 Å². The lowest BCUT2D eigenvalue weighted by atomic mass is 10.2. The van der Waals surface area contributed by atoms with E-state index in [1.807, 2.05) is 13.8 Å². The Hall–Kier alpha value is -2.21. The monoisotopic (exact) mass is 378 g/mol. The first-order valence-electron chi connectivity index (χ1n) is 7.04. The molecule has 2 rings (SSSR count). The summed E-state index contributed by atoms with van der Waals surface area (Å²) in [5.41, 5.74) is 1.57. The van der Waals surface area contributed by atoms with Crippen molar-refractivity contribution in [2.24, 2.45) is 5.92 Å². The number of halogens is 2. The van der Waals surface area contributed by atoms with Crippen molar-refractivity contribution in [3.8, 4) is 0 Å². The number of hydrogen-bond acceptors (Lipinski definition) is 2. The number of benzene rings is 2. The van der Waals surface area contributed by atoms with E-state index in [0.29, 0.717) is 21.4 Å². The second-order valence-corrected chi connectivity index (χ2v) is 6.15. The van der Waals surface area contributed by atoms with Gasteiger partial charge in [0.2, 0.25) is 5.91 Å². The van der Waals surface area contributed by atoms with Gasteiger partial charge in [0.25, 0.3) is 5.91 Å². The third-order valence-corrected chi connectivity index (χ3v) is 3.77. The maximum Gasteiger partial charge on any atom is 0.256 e. The van der Waals surface area contributed by atoms with Crippen LogP contribution in [-0.2, 0) is 4.79 Å². The predicted octanol–water partition coefficient (Wildman–Crippen LogP) is 4.44. The molecule has 0 spiro atoms. The molecule has 0 fully saturated rings. The topological polar surface area (TPSA) is 58.2 Å². The van der Waals surface area contributed by atoms with Gasteiger partial charge in [-0.3, -0.25) is 9.59 Å². The molecule has 2 N–H and O–H groups in total. The molecule has 0 saturated carbocycles. The molecule has 0 aromatic heterocycles. The summed E-state index contributed by atoms with van der Waals surface area (Å²) in [5.74, 6) is -0.947. The van der Waals surface area contributed by atoms with Crippen molar-refractivity contribution in [1.29, 1.82) is 0 Å². The van der Waals surface area contributed by atoms with Crippen LogP contribution in [0, 0.1) is 11.7 Å². The number of rotatable bonds is 4. The quantitative estimate of drug-likeness (QED) is 0.826. The third-order valence-electron chi connectivity index (χ3n) is 3.11. The summed E-state index contributed by atoms with van der Waals surface area (Å²) < 4.78 is 13.4. The van der Waals surface area contributed by atoms with Crippen LogP contribution in [0.25, 0.3) is 0 Å². The Bertz CT molecular complexity index is 730. The molecule has 0 saturated heterocycles. The highest BCUT2D eigenvalue weighted by molar-refractivity contribution is 9.10. The highest BCUT2D eigenvalue weighted by Gasteiger charge is 2.11. The average molecular weight is 379 g/mol. The molecule has 0 unspecified atom stereocenters. The highest BCUT2D eigenvalue weighted by Crippen LogP contribution is 2.20. The van der Waals surface area contributed by atoms with E-state index < -0.39 is 5.82 Å². The van der Waals surface area contributed by atoms with E-state index in [1.54, 1.807) is 24.3 Å². The van der Waals surface area contributed by atoms with Crippen LogP contribution in [0.3, 0.4) is 0 Å². The SMILES string of the molecule is CC(C)C(=O)Nc1ccc(NC(=O)c2ccc(F)cc2Br)cc1. The molecule has 2 aromatic rings. The average Bonchev–Trinajstić information content (AvgIpc) is 2.48. The summed E-state index contributed by atoms with van der Waals surface area (Å²) in [5, 5.41) is 5.49. The van der Waals surface area contributed by atoms with Crippen molar-refractivity contribution < 1.29 is 14.0 Å². The van der Waals surface area contributed by atoms with Crippen LogP contribution >= 0.6 is 15.9 Å². The normalized spacial score (nSPS) is 10.5. The molecule has 0 radical (unpaired) electrons. The molecule has 4 nitrogen and oxygen atoms in total. The fourth-order valence-electron chi connectivity index (χ4n) is 1.80. The van der Waals surface area contributed by atoms with Crippen molar-refractivity contribution in [3.63, 3.8) is 0 Å². The van der Waals surface area contributed by atoms with E-state index in [2.05, 4.69) is 26.6 Å². The molecule has 2 aromatic carbocycles. The van der Waals surface area contributed by atoms with Gasteiger partial charge < -0.3 is 10.6 Å². The molecular weight excluding hydrogens is 363 g/mol. The van der Waals surface area contributed by atoms with Crippen molar-refractivity contribution in [1.82, 2.24) is 0 Å². The molecule has 120 valence electrons. The second-order valence-electron chi connectivity index (χ2n) is 5.30. The van der Waals surface area contributed by atoms with E-state index >= 15 is 0 Å². The second kappa shape index (κ2) is 7.37. The Morgan fingerprint density at radius 2 is 1.57 bits per heavy atom. The number of anilines is 2. The van der Waals surface area contributed by atoms with Gasteiger partial charge in [-0.25, -0.2) is 4.39 Å². The van der Waals surface area contributed by atoms with Gasteiger partial charge in [-0.1, -0.05) is 13.8 Å². The van der Waals surface area contributed by atoms with Crippen LogP contribution in [0.15, 0.2) is 46.9 Å². The lowest BCUT2D eigenvalue weighted by molar-refractivity contribution is -0.118. The number of hydrogen-bond donors (Lipinski definition) is 2. The van der Waals surface area contributed by atoms with Gasteiger partial charge in [0.15, 0.2) is 0 Å². The fourth-order valence-corrected chi connectivity index (χ4v) is 2.33.